The minimum absolute atomic E-state index is 0.0797. The lowest BCUT2D eigenvalue weighted by Gasteiger charge is -2.42. The van der Waals surface area contributed by atoms with Gasteiger partial charge in [-0.15, -0.1) is 0 Å². The highest BCUT2D eigenvalue weighted by atomic mass is 16.5. The maximum atomic E-state index is 6.18. The number of benzene rings is 1. The molecule has 1 aliphatic carbocycles. The fraction of sp³-hybridized carbons (Fsp3) is 0.625. The summed E-state index contributed by atoms with van der Waals surface area (Å²) in [6.45, 7) is 3.77. The molecule has 0 amide bonds. The Labute approximate surface area is 115 Å². The van der Waals surface area contributed by atoms with Crippen molar-refractivity contribution < 1.29 is 4.74 Å². The molecule has 3 rings (SSSR count). The number of ether oxygens (including phenoxy) is 1. The molecule has 2 atom stereocenters. The summed E-state index contributed by atoms with van der Waals surface area (Å²) in [5.41, 5.74) is 9.19. The maximum absolute atomic E-state index is 6.18. The Hall–Kier alpha value is -0.900. The highest BCUT2D eigenvalue weighted by molar-refractivity contribution is 5.36. The van der Waals surface area contributed by atoms with Gasteiger partial charge >= 0.3 is 0 Å². The molecule has 2 unspecified atom stereocenters. The highest BCUT2D eigenvalue weighted by Crippen LogP contribution is 2.36. The van der Waals surface area contributed by atoms with Crippen LogP contribution < -0.4 is 5.73 Å². The summed E-state index contributed by atoms with van der Waals surface area (Å²) in [5.74, 6) is 0. The van der Waals surface area contributed by atoms with Crippen LogP contribution in [0.25, 0.3) is 0 Å². The molecular formula is C16H24N2O. The van der Waals surface area contributed by atoms with Gasteiger partial charge in [-0.25, -0.2) is 0 Å². The van der Waals surface area contributed by atoms with Crippen molar-refractivity contribution >= 4 is 0 Å². The van der Waals surface area contributed by atoms with E-state index < -0.39 is 0 Å². The van der Waals surface area contributed by atoms with Gasteiger partial charge in [0.15, 0.2) is 0 Å². The zero-order valence-electron chi connectivity index (χ0n) is 11.9. The normalized spacial score (nSPS) is 28.8. The SMILES string of the molecule is CC1OCCC1N(C)C1(CN)Cc2ccccc2C1. The van der Waals surface area contributed by atoms with Crippen LogP contribution in [0.15, 0.2) is 24.3 Å². The Morgan fingerprint density at radius 1 is 1.32 bits per heavy atom. The van der Waals surface area contributed by atoms with Gasteiger partial charge in [-0.3, -0.25) is 4.90 Å². The van der Waals surface area contributed by atoms with Crippen molar-refractivity contribution in [3.63, 3.8) is 0 Å². The van der Waals surface area contributed by atoms with Crippen molar-refractivity contribution in [3.05, 3.63) is 35.4 Å². The molecule has 19 heavy (non-hydrogen) atoms. The van der Waals surface area contributed by atoms with Gasteiger partial charge in [-0.1, -0.05) is 24.3 Å². The van der Waals surface area contributed by atoms with E-state index in [1.807, 2.05) is 0 Å². The van der Waals surface area contributed by atoms with Crippen LogP contribution in [-0.2, 0) is 17.6 Å². The summed E-state index contributed by atoms with van der Waals surface area (Å²) in [4.78, 5) is 2.50. The molecular weight excluding hydrogens is 236 g/mol. The second-order valence-electron chi connectivity index (χ2n) is 6.09. The van der Waals surface area contributed by atoms with Crippen LogP contribution in [0.1, 0.15) is 24.5 Å². The van der Waals surface area contributed by atoms with Crippen molar-refractivity contribution in [1.82, 2.24) is 4.90 Å². The van der Waals surface area contributed by atoms with Gasteiger partial charge < -0.3 is 10.5 Å². The Morgan fingerprint density at radius 3 is 2.42 bits per heavy atom. The first kappa shape index (κ1) is 13.1. The summed E-state index contributed by atoms with van der Waals surface area (Å²) in [5, 5.41) is 0. The summed E-state index contributed by atoms with van der Waals surface area (Å²) in [7, 11) is 2.23. The fourth-order valence-corrected chi connectivity index (χ4v) is 3.79. The second-order valence-corrected chi connectivity index (χ2v) is 6.09. The van der Waals surface area contributed by atoms with Crippen LogP contribution in [0.2, 0.25) is 0 Å². The van der Waals surface area contributed by atoms with E-state index in [9.17, 15) is 0 Å². The topological polar surface area (TPSA) is 38.5 Å². The van der Waals surface area contributed by atoms with Gasteiger partial charge in [-0.05, 0) is 44.4 Å². The van der Waals surface area contributed by atoms with Crippen molar-refractivity contribution in [2.45, 2.75) is 43.9 Å². The van der Waals surface area contributed by atoms with Crippen molar-refractivity contribution in [1.29, 1.82) is 0 Å². The van der Waals surface area contributed by atoms with E-state index in [1.54, 1.807) is 0 Å². The van der Waals surface area contributed by atoms with Gasteiger partial charge in [0.2, 0.25) is 0 Å². The van der Waals surface area contributed by atoms with E-state index in [0.717, 1.165) is 25.9 Å². The molecule has 1 heterocycles. The molecule has 1 aliphatic heterocycles. The zero-order valence-corrected chi connectivity index (χ0v) is 11.9. The first-order valence-electron chi connectivity index (χ1n) is 7.28. The van der Waals surface area contributed by atoms with Gasteiger partial charge in [0, 0.05) is 24.7 Å². The van der Waals surface area contributed by atoms with Gasteiger partial charge in [0.05, 0.1) is 6.10 Å². The zero-order chi connectivity index (χ0) is 13.5. The van der Waals surface area contributed by atoms with E-state index in [4.69, 9.17) is 10.5 Å². The summed E-state index contributed by atoms with van der Waals surface area (Å²) < 4.78 is 5.73. The molecule has 1 fully saturated rings. The highest BCUT2D eigenvalue weighted by Gasteiger charge is 2.44. The Kier molecular flexibility index (Phi) is 3.37. The fourth-order valence-electron chi connectivity index (χ4n) is 3.79. The van der Waals surface area contributed by atoms with Crippen molar-refractivity contribution in [2.75, 3.05) is 20.2 Å². The first-order chi connectivity index (χ1) is 9.16. The average molecular weight is 260 g/mol. The van der Waals surface area contributed by atoms with Crippen LogP contribution >= 0.6 is 0 Å². The van der Waals surface area contributed by atoms with Crippen LogP contribution in [0.4, 0.5) is 0 Å². The molecule has 2 N–H and O–H groups in total. The molecule has 1 aromatic rings. The largest absolute Gasteiger partial charge is 0.377 e. The lowest BCUT2D eigenvalue weighted by Crippen LogP contribution is -2.58. The number of rotatable bonds is 3. The van der Waals surface area contributed by atoms with Crippen LogP contribution in [0.3, 0.4) is 0 Å². The van der Waals surface area contributed by atoms with Gasteiger partial charge in [0.25, 0.3) is 0 Å². The third-order valence-corrected chi connectivity index (χ3v) is 5.12. The molecule has 0 aromatic heterocycles. The Balaban J connectivity index is 1.85. The van der Waals surface area contributed by atoms with E-state index in [0.29, 0.717) is 18.7 Å². The van der Waals surface area contributed by atoms with E-state index in [2.05, 4.69) is 43.1 Å². The van der Waals surface area contributed by atoms with E-state index in [-0.39, 0.29) is 5.54 Å². The Bertz CT molecular complexity index is 435. The molecule has 1 aromatic carbocycles. The molecule has 3 heteroatoms. The number of nitrogens with two attached hydrogens (primary N) is 1. The third kappa shape index (κ3) is 2.10. The number of hydrogen-bond acceptors (Lipinski definition) is 3. The van der Waals surface area contributed by atoms with E-state index >= 15 is 0 Å². The lowest BCUT2D eigenvalue weighted by atomic mass is 9.91. The lowest BCUT2D eigenvalue weighted by molar-refractivity contribution is 0.0324. The molecule has 0 spiro atoms. The Morgan fingerprint density at radius 2 is 1.95 bits per heavy atom. The van der Waals surface area contributed by atoms with Crippen LogP contribution in [0, 0.1) is 0 Å². The maximum Gasteiger partial charge on any atom is 0.0703 e. The molecule has 104 valence electrons. The molecule has 0 saturated carbocycles. The van der Waals surface area contributed by atoms with Crippen molar-refractivity contribution in [2.24, 2.45) is 5.73 Å². The monoisotopic (exact) mass is 260 g/mol. The second kappa shape index (κ2) is 4.89. The van der Waals surface area contributed by atoms with Gasteiger partial charge in [0.1, 0.15) is 0 Å². The molecule has 1 saturated heterocycles. The first-order valence-corrected chi connectivity index (χ1v) is 7.28. The van der Waals surface area contributed by atoms with E-state index in [1.165, 1.54) is 11.1 Å². The number of nitrogens with zero attached hydrogens (tertiary/aromatic N) is 1. The van der Waals surface area contributed by atoms with Crippen LogP contribution in [-0.4, -0.2) is 42.8 Å². The van der Waals surface area contributed by atoms with Crippen molar-refractivity contribution in [3.8, 4) is 0 Å². The number of hydrogen-bond donors (Lipinski definition) is 1. The molecule has 0 radical (unpaired) electrons. The minimum atomic E-state index is 0.0797. The quantitative estimate of drug-likeness (QED) is 0.897. The average Bonchev–Trinajstić information content (AvgIpc) is 3.01. The number of likely N-dealkylation sites (N-methyl/N-ethyl adjacent to an activating group) is 1. The summed E-state index contributed by atoms with van der Waals surface area (Å²) in [6, 6.07) is 9.25. The third-order valence-electron chi connectivity index (χ3n) is 5.12. The predicted octanol–water partition coefficient (Wildman–Crippen LogP) is 1.59. The van der Waals surface area contributed by atoms with Crippen LogP contribution in [0.5, 0.6) is 0 Å². The smallest absolute Gasteiger partial charge is 0.0703 e. The number of fused-ring (bicyclic) bond motifs is 1. The van der Waals surface area contributed by atoms with Gasteiger partial charge in [-0.2, -0.15) is 0 Å². The summed E-state index contributed by atoms with van der Waals surface area (Å²) >= 11 is 0. The minimum Gasteiger partial charge on any atom is -0.377 e. The summed E-state index contributed by atoms with van der Waals surface area (Å²) in [6.07, 6.45) is 3.58. The predicted molar refractivity (Wildman–Crippen MR) is 77.2 cm³/mol. The molecule has 3 nitrogen and oxygen atoms in total. The standard InChI is InChI=1S/C16H24N2O/c1-12-15(7-8-19-12)18(2)16(11-17)9-13-5-3-4-6-14(13)10-16/h3-6,12,15H,7-11,17H2,1-2H3. The molecule has 0 bridgehead atoms. The molecule has 2 aliphatic rings.